The standard InChI is InChI=1S/C15H17F3N2O/c1-20-12(19-14(13(20)21)8-4-5-9-14)10-6-2-3-7-11(10)15(16,17)18/h2-3,6-7,12,19H,4-5,8-9H2,1H3. The summed E-state index contributed by atoms with van der Waals surface area (Å²) >= 11 is 0. The molecule has 1 saturated carbocycles. The van der Waals surface area contributed by atoms with Gasteiger partial charge in [0.1, 0.15) is 6.17 Å². The number of carbonyl (C=O) groups excluding carboxylic acids is 1. The number of alkyl halides is 3. The molecule has 1 atom stereocenters. The fourth-order valence-electron chi connectivity index (χ4n) is 3.49. The van der Waals surface area contributed by atoms with E-state index in [2.05, 4.69) is 5.32 Å². The lowest BCUT2D eigenvalue weighted by Gasteiger charge is -2.24. The second-order valence-corrected chi connectivity index (χ2v) is 5.84. The highest BCUT2D eigenvalue weighted by atomic mass is 19.4. The van der Waals surface area contributed by atoms with Crippen molar-refractivity contribution in [3.05, 3.63) is 35.4 Å². The van der Waals surface area contributed by atoms with E-state index in [1.165, 1.54) is 17.0 Å². The molecule has 1 spiro atoms. The Kier molecular flexibility index (Phi) is 3.24. The van der Waals surface area contributed by atoms with Crippen LogP contribution in [-0.4, -0.2) is 23.4 Å². The van der Waals surface area contributed by atoms with E-state index < -0.39 is 23.4 Å². The SMILES string of the molecule is CN1C(=O)C2(CCCC2)NC1c1ccccc1C(F)(F)F. The first-order valence-electron chi connectivity index (χ1n) is 7.06. The zero-order chi connectivity index (χ0) is 15.3. The summed E-state index contributed by atoms with van der Waals surface area (Å²) < 4.78 is 39.5. The zero-order valence-corrected chi connectivity index (χ0v) is 11.7. The number of carbonyl (C=O) groups is 1. The molecule has 21 heavy (non-hydrogen) atoms. The minimum absolute atomic E-state index is 0.0954. The summed E-state index contributed by atoms with van der Waals surface area (Å²) in [6.45, 7) is 0. The van der Waals surface area contributed by atoms with Crippen molar-refractivity contribution in [3.63, 3.8) is 0 Å². The van der Waals surface area contributed by atoms with Crippen LogP contribution in [0.2, 0.25) is 0 Å². The summed E-state index contributed by atoms with van der Waals surface area (Å²) in [7, 11) is 1.57. The number of hydrogen-bond donors (Lipinski definition) is 1. The highest BCUT2D eigenvalue weighted by Crippen LogP contribution is 2.43. The number of halogens is 3. The van der Waals surface area contributed by atoms with Crippen molar-refractivity contribution >= 4 is 5.91 Å². The molecule has 0 radical (unpaired) electrons. The van der Waals surface area contributed by atoms with Crippen LogP contribution < -0.4 is 5.32 Å². The average Bonchev–Trinajstić information content (AvgIpc) is 3.00. The maximum Gasteiger partial charge on any atom is 0.416 e. The molecule has 0 bridgehead atoms. The fraction of sp³-hybridized carbons (Fsp3) is 0.533. The highest BCUT2D eigenvalue weighted by molar-refractivity contribution is 5.89. The van der Waals surface area contributed by atoms with Gasteiger partial charge in [0.15, 0.2) is 0 Å². The van der Waals surface area contributed by atoms with Gasteiger partial charge in [-0.2, -0.15) is 13.2 Å². The van der Waals surface area contributed by atoms with E-state index in [-0.39, 0.29) is 11.5 Å². The van der Waals surface area contributed by atoms with Gasteiger partial charge in [0.05, 0.1) is 11.1 Å². The van der Waals surface area contributed by atoms with Crippen LogP contribution in [0.25, 0.3) is 0 Å². The van der Waals surface area contributed by atoms with Crippen molar-refractivity contribution in [1.82, 2.24) is 10.2 Å². The summed E-state index contributed by atoms with van der Waals surface area (Å²) in [6.07, 6.45) is -1.89. The molecule has 0 aromatic heterocycles. The van der Waals surface area contributed by atoms with Gasteiger partial charge in [0.2, 0.25) is 5.91 Å². The Morgan fingerprint density at radius 2 is 1.86 bits per heavy atom. The van der Waals surface area contributed by atoms with Gasteiger partial charge in [0, 0.05) is 12.6 Å². The van der Waals surface area contributed by atoms with E-state index in [4.69, 9.17) is 0 Å². The molecule has 2 fully saturated rings. The summed E-state index contributed by atoms with van der Waals surface area (Å²) in [4.78, 5) is 13.9. The summed E-state index contributed by atoms with van der Waals surface area (Å²) in [5, 5.41) is 3.17. The van der Waals surface area contributed by atoms with E-state index >= 15 is 0 Å². The monoisotopic (exact) mass is 298 g/mol. The zero-order valence-electron chi connectivity index (χ0n) is 11.7. The molecule has 3 nitrogen and oxygen atoms in total. The number of benzene rings is 1. The topological polar surface area (TPSA) is 32.3 Å². The molecule has 1 aliphatic heterocycles. The quantitative estimate of drug-likeness (QED) is 0.864. The Labute approximate surface area is 121 Å². The Morgan fingerprint density at radius 1 is 1.24 bits per heavy atom. The Morgan fingerprint density at radius 3 is 2.48 bits per heavy atom. The van der Waals surface area contributed by atoms with Gasteiger partial charge in [-0.25, -0.2) is 0 Å². The van der Waals surface area contributed by atoms with Crippen molar-refractivity contribution in [1.29, 1.82) is 0 Å². The number of nitrogens with one attached hydrogen (secondary N) is 1. The molecule has 1 aliphatic carbocycles. The molecule has 6 heteroatoms. The van der Waals surface area contributed by atoms with Gasteiger partial charge >= 0.3 is 6.18 Å². The van der Waals surface area contributed by atoms with E-state index in [0.717, 1.165) is 18.9 Å². The maximum atomic E-state index is 13.2. The van der Waals surface area contributed by atoms with Crippen molar-refractivity contribution in [2.45, 2.75) is 43.6 Å². The number of hydrogen-bond acceptors (Lipinski definition) is 2. The lowest BCUT2D eigenvalue weighted by molar-refractivity contribution is -0.139. The Bertz CT molecular complexity index is 564. The predicted molar refractivity (Wildman–Crippen MR) is 71.3 cm³/mol. The largest absolute Gasteiger partial charge is 0.416 e. The van der Waals surface area contributed by atoms with Crippen LogP contribution in [0.15, 0.2) is 24.3 Å². The first-order valence-corrected chi connectivity index (χ1v) is 7.06. The lowest BCUT2D eigenvalue weighted by Crippen LogP contribution is -2.43. The summed E-state index contributed by atoms with van der Waals surface area (Å²) in [6, 6.07) is 5.45. The molecule has 2 aliphatic rings. The maximum absolute atomic E-state index is 13.2. The van der Waals surface area contributed by atoms with E-state index in [1.807, 2.05) is 0 Å². The van der Waals surface area contributed by atoms with Crippen LogP contribution in [0.5, 0.6) is 0 Å². The number of rotatable bonds is 1. The van der Waals surface area contributed by atoms with Crippen LogP contribution >= 0.6 is 0 Å². The average molecular weight is 298 g/mol. The number of amides is 1. The van der Waals surface area contributed by atoms with Gasteiger partial charge in [0.25, 0.3) is 0 Å². The fourth-order valence-corrected chi connectivity index (χ4v) is 3.49. The van der Waals surface area contributed by atoms with E-state index in [1.54, 1.807) is 13.1 Å². The molecule has 3 rings (SSSR count). The lowest BCUT2D eigenvalue weighted by atomic mass is 9.98. The molecular formula is C15H17F3N2O. The van der Waals surface area contributed by atoms with Crippen molar-refractivity contribution in [2.75, 3.05) is 7.05 Å². The van der Waals surface area contributed by atoms with Gasteiger partial charge in [-0.15, -0.1) is 0 Å². The molecule has 114 valence electrons. The third-order valence-electron chi connectivity index (χ3n) is 4.55. The third kappa shape index (κ3) is 2.21. The molecule has 1 N–H and O–H groups in total. The molecule has 1 amide bonds. The molecule has 1 unspecified atom stereocenters. The van der Waals surface area contributed by atoms with Gasteiger partial charge in [-0.3, -0.25) is 10.1 Å². The summed E-state index contributed by atoms with van der Waals surface area (Å²) in [5.41, 5.74) is -1.24. The van der Waals surface area contributed by atoms with Crippen LogP contribution in [0.3, 0.4) is 0 Å². The highest BCUT2D eigenvalue weighted by Gasteiger charge is 2.52. The van der Waals surface area contributed by atoms with E-state index in [0.29, 0.717) is 12.8 Å². The van der Waals surface area contributed by atoms with Gasteiger partial charge in [-0.1, -0.05) is 31.0 Å². The first kappa shape index (κ1) is 14.4. The Hall–Kier alpha value is -1.56. The minimum atomic E-state index is -4.42. The van der Waals surface area contributed by atoms with Gasteiger partial charge in [-0.05, 0) is 18.9 Å². The smallest absolute Gasteiger partial charge is 0.324 e. The van der Waals surface area contributed by atoms with Crippen molar-refractivity contribution in [3.8, 4) is 0 Å². The second kappa shape index (κ2) is 4.73. The minimum Gasteiger partial charge on any atom is -0.324 e. The van der Waals surface area contributed by atoms with Crippen molar-refractivity contribution < 1.29 is 18.0 Å². The molecule has 1 aromatic carbocycles. The normalized spacial score (nSPS) is 25.0. The van der Waals surface area contributed by atoms with Crippen LogP contribution in [-0.2, 0) is 11.0 Å². The number of nitrogens with zero attached hydrogens (tertiary/aromatic N) is 1. The Balaban J connectivity index is 2.01. The van der Waals surface area contributed by atoms with Crippen molar-refractivity contribution in [2.24, 2.45) is 0 Å². The van der Waals surface area contributed by atoms with Crippen LogP contribution in [0.1, 0.15) is 43.0 Å². The summed E-state index contributed by atoms with van der Waals surface area (Å²) in [5.74, 6) is -0.0954. The molecular weight excluding hydrogens is 281 g/mol. The molecule has 1 saturated heterocycles. The first-order chi connectivity index (χ1) is 9.85. The predicted octanol–water partition coefficient (Wildman–Crippen LogP) is 3.08. The molecule has 1 heterocycles. The molecule has 1 aromatic rings. The van der Waals surface area contributed by atoms with E-state index in [9.17, 15) is 18.0 Å². The number of likely N-dealkylation sites (N-methyl/N-ethyl adjacent to an activating group) is 1. The van der Waals surface area contributed by atoms with Gasteiger partial charge < -0.3 is 4.90 Å². The third-order valence-corrected chi connectivity index (χ3v) is 4.55. The van der Waals surface area contributed by atoms with Crippen LogP contribution in [0.4, 0.5) is 13.2 Å². The second-order valence-electron chi connectivity index (χ2n) is 5.84. The van der Waals surface area contributed by atoms with Crippen LogP contribution in [0, 0.1) is 0 Å².